The lowest BCUT2D eigenvalue weighted by Crippen LogP contribution is -2.00. The van der Waals surface area contributed by atoms with Gasteiger partial charge in [0.1, 0.15) is 23.1 Å². The SMILES string of the molecule is CNc1snnc1COc1ccc(Cl)cc1C. The lowest BCUT2D eigenvalue weighted by molar-refractivity contribution is 0.299. The van der Waals surface area contributed by atoms with E-state index >= 15 is 0 Å². The third-order valence-corrected chi connectivity index (χ3v) is 3.30. The molecule has 17 heavy (non-hydrogen) atoms. The molecule has 0 amide bonds. The van der Waals surface area contributed by atoms with Crippen molar-refractivity contribution in [3.05, 3.63) is 34.5 Å². The highest BCUT2D eigenvalue weighted by Crippen LogP contribution is 2.24. The third kappa shape index (κ3) is 2.87. The summed E-state index contributed by atoms with van der Waals surface area (Å²) in [6.45, 7) is 2.36. The number of aromatic nitrogens is 2. The van der Waals surface area contributed by atoms with Crippen LogP contribution in [0.15, 0.2) is 18.2 Å². The molecule has 1 N–H and O–H groups in total. The maximum absolute atomic E-state index is 5.88. The fourth-order valence-electron chi connectivity index (χ4n) is 1.41. The molecule has 0 aliphatic rings. The highest BCUT2D eigenvalue weighted by molar-refractivity contribution is 7.10. The first-order chi connectivity index (χ1) is 8.20. The van der Waals surface area contributed by atoms with Crippen LogP contribution in [0.2, 0.25) is 5.02 Å². The van der Waals surface area contributed by atoms with Gasteiger partial charge in [0.05, 0.1) is 0 Å². The summed E-state index contributed by atoms with van der Waals surface area (Å²) in [5.41, 5.74) is 1.82. The van der Waals surface area contributed by atoms with Crippen LogP contribution in [-0.4, -0.2) is 16.6 Å². The number of nitrogens with one attached hydrogen (secondary N) is 1. The van der Waals surface area contributed by atoms with Gasteiger partial charge in [0.25, 0.3) is 0 Å². The van der Waals surface area contributed by atoms with E-state index < -0.39 is 0 Å². The molecule has 1 aromatic heterocycles. The first-order valence-electron chi connectivity index (χ1n) is 5.08. The molecular formula is C11H12ClN3OS. The average Bonchev–Trinajstić information content (AvgIpc) is 2.75. The van der Waals surface area contributed by atoms with E-state index in [1.54, 1.807) is 0 Å². The van der Waals surface area contributed by atoms with Crippen molar-refractivity contribution in [2.45, 2.75) is 13.5 Å². The minimum absolute atomic E-state index is 0.398. The quantitative estimate of drug-likeness (QED) is 0.926. The van der Waals surface area contributed by atoms with Crippen LogP contribution in [0.4, 0.5) is 5.00 Å². The summed E-state index contributed by atoms with van der Waals surface area (Å²) in [6, 6.07) is 5.54. The summed E-state index contributed by atoms with van der Waals surface area (Å²) in [5, 5.41) is 8.67. The largest absolute Gasteiger partial charge is 0.487 e. The van der Waals surface area contributed by atoms with Crippen LogP contribution in [0.25, 0.3) is 0 Å². The van der Waals surface area contributed by atoms with Crippen molar-refractivity contribution < 1.29 is 4.74 Å². The number of nitrogens with zero attached hydrogens (tertiary/aromatic N) is 2. The molecule has 1 heterocycles. The molecule has 6 heteroatoms. The van der Waals surface area contributed by atoms with Crippen molar-refractivity contribution in [3.63, 3.8) is 0 Å². The predicted molar refractivity (Wildman–Crippen MR) is 70.0 cm³/mol. The molecule has 0 aliphatic carbocycles. The van der Waals surface area contributed by atoms with Crippen LogP contribution < -0.4 is 10.1 Å². The van der Waals surface area contributed by atoms with Crippen LogP contribution in [0.3, 0.4) is 0 Å². The number of rotatable bonds is 4. The van der Waals surface area contributed by atoms with Crippen LogP contribution in [-0.2, 0) is 6.61 Å². The first kappa shape index (κ1) is 12.1. The average molecular weight is 270 g/mol. The van der Waals surface area contributed by atoms with Crippen molar-refractivity contribution in [1.29, 1.82) is 0 Å². The molecule has 0 saturated carbocycles. The number of hydrogen-bond acceptors (Lipinski definition) is 5. The van der Waals surface area contributed by atoms with Crippen molar-refractivity contribution >= 4 is 28.1 Å². The lowest BCUT2D eigenvalue weighted by atomic mass is 10.2. The van der Waals surface area contributed by atoms with Gasteiger partial charge >= 0.3 is 0 Å². The van der Waals surface area contributed by atoms with Gasteiger partial charge in [0.2, 0.25) is 0 Å². The number of hydrogen-bond donors (Lipinski definition) is 1. The molecular weight excluding hydrogens is 258 g/mol. The Morgan fingerprint density at radius 1 is 1.47 bits per heavy atom. The van der Waals surface area contributed by atoms with Gasteiger partial charge in [-0.2, -0.15) is 0 Å². The van der Waals surface area contributed by atoms with Crippen LogP contribution in [0.5, 0.6) is 5.75 Å². The molecule has 0 atom stereocenters. The Balaban J connectivity index is 2.07. The van der Waals surface area contributed by atoms with Crippen LogP contribution in [0, 0.1) is 6.92 Å². The molecule has 0 saturated heterocycles. The normalized spacial score (nSPS) is 10.3. The summed E-state index contributed by atoms with van der Waals surface area (Å²) < 4.78 is 9.55. The van der Waals surface area contributed by atoms with E-state index in [0.29, 0.717) is 11.6 Å². The summed E-state index contributed by atoms with van der Waals surface area (Å²) in [7, 11) is 1.84. The van der Waals surface area contributed by atoms with Crippen LogP contribution >= 0.6 is 23.1 Å². The molecule has 2 rings (SSSR count). The van der Waals surface area contributed by atoms with E-state index in [-0.39, 0.29) is 0 Å². The predicted octanol–water partition coefficient (Wildman–Crippen LogP) is 3.12. The van der Waals surface area contributed by atoms with Crippen molar-refractivity contribution in [1.82, 2.24) is 9.59 Å². The van der Waals surface area contributed by atoms with E-state index in [9.17, 15) is 0 Å². The third-order valence-electron chi connectivity index (χ3n) is 2.28. The zero-order valence-corrected chi connectivity index (χ0v) is 11.1. The first-order valence-corrected chi connectivity index (χ1v) is 6.24. The lowest BCUT2D eigenvalue weighted by Gasteiger charge is -2.08. The monoisotopic (exact) mass is 269 g/mol. The fourth-order valence-corrected chi connectivity index (χ4v) is 2.16. The molecule has 0 unspecified atom stereocenters. The van der Waals surface area contributed by atoms with Gasteiger partial charge in [-0.1, -0.05) is 16.1 Å². The molecule has 4 nitrogen and oxygen atoms in total. The molecule has 1 aromatic carbocycles. The minimum atomic E-state index is 0.398. The molecule has 0 aliphatic heterocycles. The summed E-state index contributed by atoms with van der Waals surface area (Å²) in [6.07, 6.45) is 0. The summed E-state index contributed by atoms with van der Waals surface area (Å²) in [5.74, 6) is 0.810. The molecule has 90 valence electrons. The van der Waals surface area contributed by atoms with Gasteiger partial charge in [-0.15, -0.1) is 5.10 Å². The van der Waals surface area contributed by atoms with Gasteiger partial charge in [-0.25, -0.2) is 0 Å². The smallest absolute Gasteiger partial charge is 0.136 e. The number of aryl methyl sites for hydroxylation is 1. The summed E-state index contributed by atoms with van der Waals surface area (Å²) in [4.78, 5) is 0. The number of anilines is 1. The van der Waals surface area contributed by atoms with Crippen molar-refractivity contribution in [3.8, 4) is 5.75 Å². The number of ether oxygens (including phenoxy) is 1. The van der Waals surface area contributed by atoms with Gasteiger partial charge in [-0.05, 0) is 30.7 Å². The topological polar surface area (TPSA) is 47.0 Å². The highest BCUT2D eigenvalue weighted by atomic mass is 35.5. The van der Waals surface area contributed by atoms with Gasteiger partial charge in [0, 0.05) is 23.6 Å². The van der Waals surface area contributed by atoms with Crippen molar-refractivity contribution in [2.24, 2.45) is 0 Å². The van der Waals surface area contributed by atoms with Gasteiger partial charge in [0.15, 0.2) is 0 Å². The Labute approximate surface area is 109 Å². The Morgan fingerprint density at radius 3 is 3.00 bits per heavy atom. The van der Waals surface area contributed by atoms with E-state index in [1.165, 1.54) is 11.5 Å². The highest BCUT2D eigenvalue weighted by Gasteiger charge is 2.08. The Hall–Kier alpha value is -1.33. The number of benzene rings is 1. The second-order valence-electron chi connectivity index (χ2n) is 3.50. The fraction of sp³-hybridized carbons (Fsp3) is 0.273. The Kier molecular flexibility index (Phi) is 3.81. The Morgan fingerprint density at radius 2 is 2.29 bits per heavy atom. The van der Waals surface area contributed by atoms with E-state index in [1.807, 2.05) is 32.2 Å². The molecule has 2 aromatic rings. The summed E-state index contributed by atoms with van der Waals surface area (Å²) >= 11 is 7.20. The van der Waals surface area contributed by atoms with Gasteiger partial charge in [-0.3, -0.25) is 0 Å². The zero-order chi connectivity index (χ0) is 12.3. The van der Waals surface area contributed by atoms with Gasteiger partial charge < -0.3 is 10.1 Å². The molecule has 0 spiro atoms. The second-order valence-corrected chi connectivity index (χ2v) is 4.69. The molecule has 0 radical (unpaired) electrons. The van der Waals surface area contributed by atoms with E-state index in [4.69, 9.17) is 16.3 Å². The number of halogens is 1. The zero-order valence-electron chi connectivity index (χ0n) is 9.53. The minimum Gasteiger partial charge on any atom is -0.487 e. The second kappa shape index (κ2) is 5.33. The molecule has 0 fully saturated rings. The van der Waals surface area contributed by atoms with Crippen LogP contribution in [0.1, 0.15) is 11.3 Å². The van der Waals surface area contributed by atoms with Crippen molar-refractivity contribution in [2.75, 3.05) is 12.4 Å². The van der Waals surface area contributed by atoms with E-state index in [2.05, 4.69) is 14.9 Å². The molecule has 0 bridgehead atoms. The maximum Gasteiger partial charge on any atom is 0.136 e. The van der Waals surface area contributed by atoms with E-state index in [0.717, 1.165) is 22.0 Å². The standard InChI is InChI=1S/C11H12ClN3OS/c1-7-5-8(12)3-4-10(7)16-6-9-11(13-2)17-15-14-9/h3-5,13H,6H2,1-2H3. The maximum atomic E-state index is 5.88. The Bertz CT molecular complexity index is 515.